The number of carboxylic acid groups (broad SMARTS) is 1. The average molecular weight is 262 g/mol. The van der Waals surface area contributed by atoms with Gasteiger partial charge in [0.25, 0.3) is 0 Å². The molecule has 1 heterocycles. The predicted octanol–water partition coefficient (Wildman–Crippen LogP) is 1.62. The lowest BCUT2D eigenvalue weighted by Gasteiger charge is -2.14. The zero-order valence-corrected chi connectivity index (χ0v) is 11.3. The van der Waals surface area contributed by atoms with Gasteiger partial charge in [0.1, 0.15) is 0 Å². The van der Waals surface area contributed by atoms with Crippen LogP contribution in [0, 0.1) is 17.3 Å². The van der Waals surface area contributed by atoms with Crippen molar-refractivity contribution in [2.24, 2.45) is 17.3 Å². The van der Waals surface area contributed by atoms with Crippen molar-refractivity contribution in [3.8, 4) is 0 Å². The number of aromatic nitrogens is 1. The first-order valence-electron chi connectivity index (χ1n) is 6.29. The second kappa shape index (κ2) is 4.64. The first kappa shape index (κ1) is 13.5. The van der Waals surface area contributed by atoms with Crippen molar-refractivity contribution in [2.75, 3.05) is 0 Å². The van der Waals surface area contributed by atoms with E-state index >= 15 is 0 Å². The molecule has 2 rings (SSSR count). The molecular formula is C14H18N2O3. The van der Waals surface area contributed by atoms with E-state index in [0.29, 0.717) is 0 Å². The Morgan fingerprint density at radius 3 is 2.58 bits per heavy atom. The number of amides is 1. The second-order valence-corrected chi connectivity index (χ2v) is 5.63. The van der Waals surface area contributed by atoms with Crippen LogP contribution in [0.2, 0.25) is 0 Å². The van der Waals surface area contributed by atoms with Crippen molar-refractivity contribution in [3.63, 3.8) is 0 Å². The molecule has 0 spiro atoms. The van der Waals surface area contributed by atoms with Crippen LogP contribution in [0.5, 0.6) is 0 Å². The van der Waals surface area contributed by atoms with Gasteiger partial charge < -0.3 is 10.4 Å². The molecule has 2 N–H and O–H groups in total. The maximum absolute atomic E-state index is 12.1. The highest BCUT2D eigenvalue weighted by Gasteiger charge is 2.65. The Kier molecular flexibility index (Phi) is 3.30. The average Bonchev–Trinajstić information content (AvgIpc) is 2.93. The standard InChI is InChI=1S/C14H18N2O3/c1-8(9-5-4-6-15-7-9)16-12(17)10-11(13(18)19)14(10,2)3/h4-8,10-11H,1-3H3,(H,16,17)(H,18,19)/t8-,10+,11-/m0/s1. The van der Waals surface area contributed by atoms with Gasteiger partial charge in [-0.2, -0.15) is 0 Å². The van der Waals surface area contributed by atoms with Crippen LogP contribution in [0.3, 0.4) is 0 Å². The summed E-state index contributed by atoms with van der Waals surface area (Å²) >= 11 is 0. The summed E-state index contributed by atoms with van der Waals surface area (Å²) in [5, 5.41) is 11.9. The minimum Gasteiger partial charge on any atom is -0.481 e. The summed E-state index contributed by atoms with van der Waals surface area (Å²) in [7, 11) is 0. The third kappa shape index (κ3) is 2.45. The fourth-order valence-corrected chi connectivity index (χ4v) is 2.61. The molecule has 5 heteroatoms. The Balaban J connectivity index is 2.02. The van der Waals surface area contributed by atoms with Crippen LogP contribution in [0.1, 0.15) is 32.4 Å². The zero-order valence-electron chi connectivity index (χ0n) is 11.3. The van der Waals surface area contributed by atoms with E-state index < -0.39 is 23.2 Å². The van der Waals surface area contributed by atoms with E-state index in [1.807, 2.05) is 26.8 Å². The van der Waals surface area contributed by atoms with Crippen LogP contribution in [0.15, 0.2) is 24.5 Å². The van der Waals surface area contributed by atoms with Gasteiger partial charge in [0.2, 0.25) is 5.91 Å². The number of nitrogens with zero attached hydrogens (tertiary/aromatic N) is 1. The minimum absolute atomic E-state index is 0.174. The minimum atomic E-state index is -0.904. The van der Waals surface area contributed by atoms with Crippen molar-refractivity contribution < 1.29 is 14.7 Å². The lowest BCUT2D eigenvalue weighted by Crippen LogP contribution is -2.30. The first-order chi connectivity index (χ1) is 8.85. The van der Waals surface area contributed by atoms with E-state index in [-0.39, 0.29) is 11.9 Å². The van der Waals surface area contributed by atoms with Gasteiger partial charge in [-0.1, -0.05) is 19.9 Å². The normalized spacial score (nSPS) is 25.4. The van der Waals surface area contributed by atoms with Crippen molar-refractivity contribution in [3.05, 3.63) is 30.1 Å². The Morgan fingerprint density at radius 1 is 1.42 bits per heavy atom. The van der Waals surface area contributed by atoms with Crippen molar-refractivity contribution in [2.45, 2.75) is 26.8 Å². The molecule has 0 saturated heterocycles. The van der Waals surface area contributed by atoms with Gasteiger partial charge >= 0.3 is 5.97 Å². The molecule has 1 aromatic rings. The number of carboxylic acids is 1. The quantitative estimate of drug-likeness (QED) is 0.864. The predicted molar refractivity (Wildman–Crippen MR) is 69.2 cm³/mol. The van der Waals surface area contributed by atoms with E-state index in [2.05, 4.69) is 10.3 Å². The number of hydrogen-bond donors (Lipinski definition) is 2. The van der Waals surface area contributed by atoms with E-state index in [9.17, 15) is 9.59 Å². The Bertz CT molecular complexity index is 499. The fourth-order valence-electron chi connectivity index (χ4n) is 2.61. The van der Waals surface area contributed by atoms with E-state index in [0.717, 1.165) is 5.56 Å². The molecule has 1 amide bonds. The van der Waals surface area contributed by atoms with E-state index in [4.69, 9.17) is 5.11 Å². The maximum atomic E-state index is 12.1. The summed E-state index contributed by atoms with van der Waals surface area (Å²) < 4.78 is 0. The first-order valence-corrected chi connectivity index (χ1v) is 6.29. The van der Waals surface area contributed by atoms with E-state index in [1.165, 1.54) is 0 Å². The number of pyridine rings is 1. The van der Waals surface area contributed by atoms with Gasteiger partial charge in [-0.05, 0) is 24.0 Å². The smallest absolute Gasteiger partial charge is 0.307 e. The van der Waals surface area contributed by atoms with Gasteiger partial charge in [0.15, 0.2) is 0 Å². The summed E-state index contributed by atoms with van der Waals surface area (Å²) in [5.41, 5.74) is 0.436. The van der Waals surface area contributed by atoms with Crippen LogP contribution in [0.4, 0.5) is 0 Å². The molecule has 1 saturated carbocycles. The molecule has 0 aromatic carbocycles. The molecule has 1 fully saturated rings. The molecule has 0 bridgehead atoms. The Hall–Kier alpha value is -1.91. The third-order valence-corrected chi connectivity index (χ3v) is 3.92. The molecule has 0 aliphatic heterocycles. The highest BCUT2D eigenvalue weighted by molar-refractivity contribution is 5.91. The number of carbonyl (C=O) groups excluding carboxylic acids is 1. The largest absolute Gasteiger partial charge is 0.481 e. The summed E-state index contributed by atoms with van der Waals surface area (Å²) in [5.74, 6) is -2.15. The van der Waals surface area contributed by atoms with Crippen LogP contribution in [-0.2, 0) is 9.59 Å². The van der Waals surface area contributed by atoms with Crippen LogP contribution in [0.25, 0.3) is 0 Å². The molecule has 1 aliphatic carbocycles. The summed E-state index contributed by atoms with van der Waals surface area (Å²) in [6.45, 7) is 5.48. The van der Waals surface area contributed by atoms with Gasteiger partial charge in [0, 0.05) is 12.4 Å². The van der Waals surface area contributed by atoms with Crippen LogP contribution < -0.4 is 5.32 Å². The van der Waals surface area contributed by atoms with Gasteiger partial charge in [-0.15, -0.1) is 0 Å². The number of nitrogens with one attached hydrogen (secondary N) is 1. The van der Waals surface area contributed by atoms with E-state index in [1.54, 1.807) is 18.5 Å². The van der Waals surface area contributed by atoms with Crippen LogP contribution in [-0.4, -0.2) is 22.0 Å². The number of carbonyl (C=O) groups is 2. The maximum Gasteiger partial charge on any atom is 0.307 e. The van der Waals surface area contributed by atoms with Crippen molar-refractivity contribution in [1.29, 1.82) is 0 Å². The number of hydrogen-bond acceptors (Lipinski definition) is 3. The lowest BCUT2D eigenvalue weighted by atomic mass is 10.1. The third-order valence-electron chi connectivity index (χ3n) is 3.92. The number of aliphatic carboxylic acids is 1. The summed E-state index contributed by atoms with van der Waals surface area (Å²) in [4.78, 5) is 27.2. The lowest BCUT2D eigenvalue weighted by molar-refractivity contribution is -0.140. The Morgan fingerprint density at radius 2 is 2.11 bits per heavy atom. The molecular weight excluding hydrogens is 244 g/mol. The van der Waals surface area contributed by atoms with Gasteiger partial charge in [-0.3, -0.25) is 14.6 Å². The molecule has 1 aromatic heterocycles. The topological polar surface area (TPSA) is 79.3 Å². The molecule has 0 radical (unpaired) electrons. The molecule has 3 atom stereocenters. The van der Waals surface area contributed by atoms with Crippen molar-refractivity contribution >= 4 is 11.9 Å². The highest BCUT2D eigenvalue weighted by atomic mass is 16.4. The molecule has 102 valence electrons. The van der Waals surface area contributed by atoms with Crippen LogP contribution >= 0.6 is 0 Å². The van der Waals surface area contributed by atoms with Crippen molar-refractivity contribution in [1.82, 2.24) is 10.3 Å². The second-order valence-electron chi connectivity index (χ2n) is 5.63. The zero-order chi connectivity index (χ0) is 14.2. The number of rotatable bonds is 4. The monoisotopic (exact) mass is 262 g/mol. The molecule has 5 nitrogen and oxygen atoms in total. The molecule has 1 aliphatic rings. The SMILES string of the molecule is C[C@H](NC(=O)[C@H]1[C@@H](C(=O)O)C1(C)C)c1cccnc1. The highest BCUT2D eigenvalue weighted by Crippen LogP contribution is 2.58. The fraction of sp³-hybridized carbons (Fsp3) is 0.500. The summed E-state index contributed by atoms with van der Waals surface area (Å²) in [6, 6.07) is 3.51. The summed E-state index contributed by atoms with van der Waals surface area (Å²) in [6.07, 6.45) is 3.36. The molecule has 19 heavy (non-hydrogen) atoms. The molecule has 0 unspecified atom stereocenters. The Labute approximate surface area is 112 Å². The van der Waals surface area contributed by atoms with Gasteiger partial charge in [-0.25, -0.2) is 0 Å². The van der Waals surface area contributed by atoms with Gasteiger partial charge in [0.05, 0.1) is 17.9 Å².